The number of anilines is 1. The lowest BCUT2D eigenvalue weighted by Gasteiger charge is -2.16. The Morgan fingerprint density at radius 3 is 2.57 bits per heavy atom. The summed E-state index contributed by atoms with van der Waals surface area (Å²) < 4.78 is 1.79. The van der Waals surface area contributed by atoms with Crippen molar-refractivity contribution in [1.29, 1.82) is 0 Å². The molecule has 0 aliphatic carbocycles. The van der Waals surface area contributed by atoms with Gasteiger partial charge in [-0.1, -0.05) is 0 Å². The molecule has 0 fully saturated rings. The number of amides is 1. The molecule has 0 unspecified atom stereocenters. The average molecular weight is 317 g/mol. The fraction of sp³-hybridized carbons (Fsp3) is 0.333. The van der Waals surface area contributed by atoms with Gasteiger partial charge >= 0.3 is 0 Å². The van der Waals surface area contributed by atoms with Crippen LogP contribution < -0.4 is 5.32 Å². The molecule has 2 rings (SSSR count). The second-order valence-electron chi connectivity index (χ2n) is 5.40. The molecule has 23 heavy (non-hydrogen) atoms. The number of carbonyl (C=O) groups excluding carboxylic acids is 1. The highest BCUT2D eigenvalue weighted by Crippen LogP contribution is 2.15. The summed E-state index contributed by atoms with van der Waals surface area (Å²) in [7, 11) is 3.72. The summed E-state index contributed by atoms with van der Waals surface area (Å²) in [6.07, 6.45) is 1.79. The first-order valence-electron chi connectivity index (χ1n) is 7.07. The van der Waals surface area contributed by atoms with Gasteiger partial charge in [0.15, 0.2) is 0 Å². The van der Waals surface area contributed by atoms with Crippen molar-refractivity contribution in [3.05, 3.63) is 51.8 Å². The number of nitrogens with zero attached hydrogens (tertiary/aromatic N) is 4. The zero-order valence-electron chi connectivity index (χ0n) is 13.3. The van der Waals surface area contributed by atoms with E-state index in [2.05, 4.69) is 10.4 Å². The third-order valence-electron chi connectivity index (χ3n) is 3.55. The lowest BCUT2D eigenvalue weighted by atomic mass is 10.2. The summed E-state index contributed by atoms with van der Waals surface area (Å²) in [5.41, 5.74) is 2.66. The van der Waals surface area contributed by atoms with Gasteiger partial charge in [-0.25, -0.2) is 0 Å². The Hall–Kier alpha value is -2.74. The molecule has 1 aromatic carbocycles. The van der Waals surface area contributed by atoms with E-state index < -0.39 is 4.92 Å². The van der Waals surface area contributed by atoms with Gasteiger partial charge in [0.25, 0.3) is 5.69 Å². The molecule has 0 aliphatic rings. The van der Waals surface area contributed by atoms with Crippen LogP contribution in [0.25, 0.3) is 0 Å². The first-order valence-corrected chi connectivity index (χ1v) is 7.07. The molecular weight excluding hydrogens is 298 g/mol. The Bertz CT molecular complexity index is 708. The normalized spacial score (nSPS) is 10.8. The third kappa shape index (κ3) is 4.36. The van der Waals surface area contributed by atoms with Crippen LogP contribution >= 0.6 is 0 Å². The molecule has 0 bridgehead atoms. The van der Waals surface area contributed by atoms with E-state index in [1.807, 2.05) is 25.9 Å². The molecule has 1 heterocycles. The average Bonchev–Trinajstić information content (AvgIpc) is 2.79. The van der Waals surface area contributed by atoms with Gasteiger partial charge in [-0.05, 0) is 26.1 Å². The topological polar surface area (TPSA) is 93.3 Å². The smallest absolute Gasteiger partial charge is 0.269 e. The quantitative estimate of drug-likeness (QED) is 0.646. The lowest BCUT2D eigenvalue weighted by Crippen LogP contribution is -2.29. The Morgan fingerprint density at radius 2 is 2.04 bits per heavy atom. The summed E-state index contributed by atoms with van der Waals surface area (Å²) >= 11 is 0. The number of benzene rings is 1. The molecule has 0 saturated heterocycles. The Morgan fingerprint density at radius 1 is 1.39 bits per heavy atom. The largest absolute Gasteiger partial charge is 0.325 e. The summed E-state index contributed by atoms with van der Waals surface area (Å²) in [6.45, 7) is 2.81. The van der Waals surface area contributed by atoms with Gasteiger partial charge in [0.1, 0.15) is 0 Å². The Balaban J connectivity index is 1.88. The number of carbonyl (C=O) groups is 1. The molecular formula is C15H19N5O3. The van der Waals surface area contributed by atoms with Gasteiger partial charge in [0, 0.05) is 42.7 Å². The number of likely N-dealkylation sites (N-methyl/N-ethyl adjacent to an activating group) is 1. The number of hydrogen-bond donors (Lipinski definition) is 1. The minimum absolute atomic E-state index is 0.00725. The molecule has 8 heteroatoms. The maximum Gasteiger partial charge on any atom is 0.269 e. The van der Waals surface area contributed by atoms with Crippen LogP contribution in [0.4, 0.5) is 11.4 Å². The molecule has 0 spiro atoms. The van der Waals surface area contributed by atoms with Crippen LogP contribution in [0.15, 0.2) is 30.5 Å². The first kappa shape index (κ1) is 16.6. The summed E-state index contributed by atoms with van der Waals surface area (Å²) in [5.74, 6) is -0.178. The SMILES string of the molecule is Cc1c(CN(C)CC(=O)Nc2ccc([N+](=O)[O-])cc2)cnn1C. The maximum atomic E-state index is 12.0. The molecule has 2 aromatic rings. The van der Waals surface area contributed by atoms with Crippen LogP contribution in [0.5, 0.6) is 0 Å². The zero-order valence-corrected chi connectivity index (χ0v) is 13.3. The molecule has 1 aromatic heterocycles. The van der Waals surface area contributed by atoms with Crippen LogP contribution in [-0.4, -0.2) is 39.1 Å². The van der Waals surface area contributed by atoms with E-state index in [0.29, 0.717) is 12.2 Å². The van der Waals surface area contributed by atoms with E-state index in [1.54, 1.807) is 10.9 Å². The van der Waals surface area contributed by atoms with Crippen molar-refractivity contribution >= 4 is 17.3 Å². The molecule has 0 saturated carbocycles. The highest BCUT2D eigenvalue weighted by Gasteiger charge is 2.11. The highest BCUT2D eigenvalue weighted by molar-refractivity contribution is 5.92. The first-order chi connectivity index (χ1) is 10.9. The standard InChI is InChI=1S/C15H19N5O3/c1-11-12(8-16-19(11)3)9-18(2)10-15(21)17-13-4-6-14(7-5-13)20(22)23/h4-8H,9-10H2,1-3H3,(H,17,21). The van der Waals surface area contributed by atoms with Crippen molar-refractivity contribution in [3.63, 3.8) is 0 Å². The third-order valence-corrected chi connectivity index (χ3v) is 3.55. The van der Waals surface area contributed by atoms with E-state index in [4.69, 9.17) is 0 Å². The molecule has 0 aliphatic heterocycles. The van der Waals surface area contributed by atoms with Gasteiger partial charge in [-0.2, -0.15) is 5.10 Å². The second-order valence-corrected chi connectivity index (χ2v) is 5.40. The molecule has 1 N–H and O–H groups in total. The van der Waals surface area contributed by atoms with Crippen molar-refractivity contribution in [1.82, 2.24) is 14.7 Å². The maximum absolute atomic E-state index is 12.0. The van der Waals surface area contributed by atoms with Crippen molar-refractivity contribution in [3.8, 4) is 0 Å². The number of nitro benzene ring substituents is 1. The van der Waals surface area contributed by atoms with Crippen LogP contribution in [0.2, 0.25) is 0 Å². The van der Waals surface area contributed by atoms with Crippen LogP contribution in [0, 0.1) is 17.0 Å². The number of hydrogen-bond acceptors (Lipinski definition) is 5. The summed E-state index contributed by atoms with van der Waals surface area (Å²) in [4.78, 5) is 24.0. The molecule has 8 nitrogen and oxygen atoms in total. The molecule has 1 amide bonds. The van der Waals surface area contributed by atoms with E-state index >= 15 is 0 Å². The second kappa shape index (κ2) is 7.01. The van der Waals surface area contributed by atoms with Crippen molar-refractivity contribution in [2.24, 2.45) is 7.05 Å². The summed E-state index contributed by atoms with van der Waals surface area (Å²) in [5, 5.41) is 17.5. The minimum atomic E-state index is -0.477. The van der Waals surface area contributed by atoms with Crippen LogP contribution in [0.3, 0.4) is 0 Å². The van der Waals surface area contributed by atoms with Crippen molar-refractivity contribution < 1.29 is 9.72 Å². The van der Waals surface area contributed by atoms with Gasteiger partial charge in [-0.3, -0.25) is 24.5 Å². The number of non-ortho nitro benzene ring substituents is 1. The fourth-order valence-corrected chi connectivity index (χ4v) is 2.16. The van der Waals surface area contributed by atoms with Gasteiger partial charge in [-0.15, -0.1) is 0 Å². The van der Waals surface area contributed by atoms with E-state index in [9.17, 15) is 14.9 Å². The monoisotopic (exact) mass is 317 g/mol. The molecule has 122 valence electrons. The lowest BCUT2D eigenvalue weighted by molar-refractivity contribution is -0.384. The number of rotatable bonds is 6. The summed E-state index contributed by atoms with van der Waals surface area (Å²) in [6, 6.07) is 5.75. The van der Waals surface area contributed by atoms with Crippen molar-refractivity contribution in [2.75, 3.05) is 18.9 Å². The van der Waals surface area contributed by atoms with Crippen molar-refractivity contribution in [2.45, 2.75) is 13.5 Å². The Labute approximate surface area is 133 Å². The van der Waals surface area contributed by atoms with Gasteiger partial charge in [0.05, 0.1) is 17.7 Å². The van der Waals surface area contributed by atoms with E-state index in [-0.39, 0.29) is 18.1 Å². The zero-order chi connectivity index (χ0) is 17.0. The fourth-order valence-electron chi connectivity index (χ4n) is 2.16. The molecule has 0 atom stereocenters. The van der Waals surface area contributed by atoms with Crippen LogP contribution in [-0.2, 0) is 18.4 Å². The van der Waals surface area contributed by atoms with Gasteiger partial charge < -0.3 is 5.32 Å². The number of nitrogens with one attached hydrogen (secondary N) is 1. The van der Waals surface area contributed by atoms with E-state index in [1.165, 1.54) is 24.3 Å². The predicted octanol–water partition coefficient (Wildman–Crippen LogP) is 1.71. The minimum Gasteiger partial charge on any atom is -0.325 e. The number of aryl methyl sites for hydroxylation is 1. The number of nitro groups is 1. The van der Waals surface area contributed by atoms with E-state index in [0.717, 1.165) is 11.3 Å². The van der Waals surface area contributed by atoms with Gasteiger partial charge in [0.2, 0.25) is 5.91 Å². The molecule has 0 radical (unpaired) electrons. The van der Waals surface area contributed by atoms with Crippen LogP contribution in [0.1, 0.15) is 11.3 Å². The number of aromatic nitrogens is 2. The highest BCUT2D eigenvalue weighted by atomic mass is 16.6. The Kier molecular flexibility index (Phi) is 5.07. The predicted molar refractivity (Wildman–Crippen MR) is 86.0 cm³/mol.